The van der Waals surface area contributed by atoms with Crippen LogP contribution in [0, 0.1) is 5.41 Å². The molecule has 0 saturated heterocycles. The largest absolute Gasteiger partial charge is 0.383 e. The van der Waals surface area contributed by atoms with Gasteiger partial charge in [-0.1, -0.05) is 20.8 Å². The molecular weight excluding hydrogens is 292 g/mol. The third-order valence-corrected chi connectivity index (χ3v) is 4.32. The van der Waals surface area contributed by atoms with E-state index in [1.807, 2.05) is 0 Å². The van der Waals surface area contributed by atoms with Gasteiger partial charge in [0.25, 0.3) is 5.91 Å². The van der Waals surface area contributed by atoms with E-state index in [0.29, 0.717) is 29.3 Å². The highest BCUT2D eigenvalue weighted by atomic mass is 16.5. The van der Waals surface area contributed by atoms with Crippen molar-refractivity contribution < 1.29 is 9.53 Å². The summed E-state index contributed by atoms with van der Waals surface area (Å²) in [5, 5.41) is 3.07. The molecule has 2 N–H and O–H groups in total. The third kappa shape index (κ3) is 3.37. The van der Waals surface area contributed by atoms with Crippen molar-refractivity contribution in [3.8, 4) is 0 Å². The van der Waals surface area contributed by atoms with Crippen LogP contribution in [0.5, 0.6) is 0 Å². The summed E-state index contributed by atoms with van der Waals surface area (Å²) in [6.07, 6.45) is 5.81. The van der Waals surface area contributed by atoms with Gasteiger partial charge in [-0.15, -0.1) is 0 Å². The SMILES string of the molecule is COC[C@@H](NC(=O)c1c[nH]c2ncc(C3CC3)nc12)C(C)(C)C. The van der Waals surface area contributed by atoms with Gasteiger partial charge >= 0.3 is 0 Å². The van der Waals surface area contributed by atoms with Gasteiger partial charge in [-0.25, -0.2) is 9.97 Å². The number of aromatic amines is 1. The molecule has 0 aromatic carbocycles. The van der Waals surface area contributed by atoms with Crippen LogP contribution in [-0.4, -0.2) is 40.6 Å². The average Bonchev–Trinajstić information content (AvgIpc) is 3.25. The van der Waals surface area contributed by atoms with Crippen LogP contribution in [0.2, 0.25) is 0 Å². The lowest BCUT2D eigenvalue weighted by Crippen LogP contribution is -2.46. The molecule has 6 heteroatoms. The van der Waals surface area contributed by atoms with Crippen molar-refractivity contribution in [3.63, 3.8) is 0 Å². The molecule has 1 amide bonds. The number of carbonyl (C=O) groups excluding carboxylic acids is 1. The first kappa shape index (κ1) is 15.9. The molecule has 1 fully saturated rings. The Morgan fingerprint density at radius 1 is 1.48 bits per heavy atom. The predicted molar refractivity (Wildman–Crippen MR) is 88.4 cm³/mol. The lowest BCUT2D eigenvalue weighted by atomic mass is 9.87. The summed E-state index contributed by atoms with van der Waals surface area (Å²) in [5.41, 5.74) is 2.73. The van der Waals surface area contributed by atoms with Crippen LogP contribution in [0.1, 0.15) is 55.6 Å². The zero-order valence-corrected chi connectivity index (χ0v) is 14.1. The molecule has 0 bridgehead atoms. The summed E-state index contributed by atoms with van der Waals surface area (Å²) in [4.78, 5) is 24.8. The number of aromatic nitrogens is 3. The van der Waals surface area contributed by atoms with E-state index < -0.39 is 0 Å². The summed E-state index contributed by atoms with van der Waals surface area (Å²) < 4.78 is 5.24. The van der Waals surface area contributed by atoms with E-state index in [2.05, 4.69) is 41.0 Å². The monoisotopic (exact) mass is 316 g/mol. The fourth-order valence-electron chi connectivity index (χ4n) is 2.56. The molecule has 23 heavy (non-hydrogen) atoms. The van der Waals surface area contributed by atoms with E-state index in [0.717, 1.165) is 18.5 Å². The Morgan fingerprint density at radius 2 is 2.22 bits per heavy atom. The van der Waals surface area contributed by atoms with E-state index in [1.54, 1.807) is 19.5 Å². The number of nitrogens with zero attached hydrogens (tertiary/aromatic N) is 2. The molecule has 2 aromatic heterocycles. The first-order valence-corrected chi connectivity index (χ1v) is 8.04. The molecule has 0 spiro atoms. The smallest absolute Gasteiger partial charge is 0.255 e. The highest BCUT2D eigenvalue weighted by molar-refractivity contribution is 6.04. The maximum absolute atomic E-state index is 12.7. The van der Waals surface area contributed by atoms with Gasteiger partial charge in [0.1, 0.15) is 5.52 Å². The third-order valence-electron chi connectivity index (χ3n) is 4.32. The van der Waals surface area contributed by atoms with Gasteiger partial charge in [-0.2, -0.15) is 0 Å². The minimum Gasteiger partial charge on any atom is -0.383 e. The van der Waals surface area contributed by atoms with Crippen molar-refractivity contribution in [3.05, 3.63) is 23.7 Å². The van der Waals surface area contributed by atoms with Crippen LogP contribution in [-0.2, 0) is 4.74 Å². The molecule has 6 nitrogen and oxygen atoms in total. The molecule has 1 aliphatic carbocycles. The maximum atomic E-state index is 12.7. The van der Waals surface area contributed by atoms with Crippen LogP contribution in [0.4, 0.5) is 0 Å². The number of rotatable bonds is 5. The van der Waals surface area contributed by atoms with Crippen molar-refractivity contribution in [2.45, 2.75) is 45.6 Å². The fraction of sp³-hybridized carbons (Fsp3) is 0.588. The molecule has 0 aliphatic heterocycles. The van der Waals surface area contributed by atoms with Gasteiger partial charge in [-0.3, -0.25) is 4.79 Å². The van der Waals surface area contributed by atoms with Crippen LogP contribution >= 0.6 is 0 Å². The molecule has 2 aromatic rings. The quantitative estimate of drug-likeness (QED) is 0.888. The van der Waals surface area contributed by atoms with Crippen LogP contribution < -0.4 is 5.32 Å². The lowest BCUT2D eigenvalue weighted by Gasteiger charge is -2.30. The molecular formula is C17H24N4O2. The molecule has 3 rings (SSSR count). The molecule has 0 unspecified atom stereocenters. The summed E-state index contributed by atoms with van der Waals surface area (Å²) >= 11 is 0. The summed E-state index contributed by atoms with van der Waals surface area (Å²) in [7, 11) is 1.64. The van der Waals surface area contributed by atoms with Gasteiger partial charge in [0.15, 0.2) is 5.65 Å². The molecule has 2 heterocycles. The fourth-order valence-corrected chi connectivity index (χ4v) is 2.56. The Morgan fingerprint density at radius 3 is 2.83 bits per heavy atom. The number of fused-ring (bicyclic) bond motifs is 1. The van der Waals surface area contributed by atoms with Gasteiger partial charge in [0.05, 0.1) is 30.1 Å². The molecule has 124 valence electrons. The van der Waals surface area contributed by atoms with Gasteiger partial charge in [0, 0.05) is 19.2 Å². The topological polar surface area (TPSA) is 79.9 Å². The number of carbonyl (C=O) groups is 1. The first-order chi connectivity index (χ1) is 10.9. The van der Waals surface area contributed by atoms with Crippen molar-refractivity contribution in [1.82, 2.24) is 20.3 Å². The first-order valence-electron chi connectivity index (χ1n) is 8.04. The standard InChI is InChI=1S/C17H24N4O2/c1-17(2,3)13(9-23-4)21-16(22)11-7-18-15-14(11)20-12(8-19-15)10-5-6-10/h7-8,10,13H,5-6,9H2,1-4H3,(H,18,19)(H,21,22)/t13-/m1/s1. The Hall–Kier alpha value is -1.95. The predicted octanol–water partition coefficient (Wildman–Crippen LogP) is 2.63. The highest BCUT2D eigenvalue weighted by Gasteiger charge is 2.29. The highest BCUT2D eigenvalue weighted by Crippen LogP contribution is 2.39. The summed E-state index contributed by atoms with van der Waals surface area (Å²) in [5.74, 6) is 0.365. The number of hydrogen-bond donors (Lipinski definition) is 2. The van der Waals surface area contributed by atoms with Crippen LogP contribution in [0.25, 0.3) is 11.2 Å². The Kier molecular flexibility index (Phi) is 4.10. The van der Waals surface area contributed by atoms with Crippen molar-refractivity contribution in [2.24, 2.45) is 5.41 Å². The number of methoxy groups -OCH3 is 1. The van der Waals surface area contributed by atoms with E-state index in [4.69, 9.17) is 4.74 Å². The lowest BCUT2D eigenvalue weighted by molar-refractivity contribution is 0.0788. The average molecular weight is 316 g/mol. The van der Waals surface area contributed by atoms with Gasteiger partial charge in [-0.05, 0) is 18.3 Å². The second kappa shape index (κ2) is 5.92. The normalized spacial score (nSPS) is 16.5. The summed E-state index contributed by atoms with van der Waals surface area (Å²) in [6.45, 7) is 6.71. The molecule has 1 atom stereocenters. The van der Waals surface area contributed by atoms with Crippen LogP contribution in [0.3, 0.4) is 0 Å². The Balaban J connectivity index is 1.86. The maximum Gasteiger partial charge on any atom is 0.255 e. The molecule has 1 aliphatic rings. The van der Waals surface area contributed by atoms with E-state index >= 15 is 0 Å². The molecule has 1 saturated carbocycles. The van der Waals surface area contributed by atoms with E-state index in [1.165, 1.54) is 0 Å². The number of amides is 1. The van der Waals surface area contributed by atoms with E-state index in [-0.39, 0.29) is 17.4 Å². The minimum absolute atomic E-state index is 0.0791. The number of ether oxygens (including phenoxy) is 1. The van der Waals surface area contributed by atoms with Gasteiger partial charge < -0.3 is 15.0 Å². The zero-order valence-electron chi connectivity index (χ0n) is 14.1. The Labute approximate surface area is 136 Å². The number of H-pyrrole nitrogens is 1. The summed E-state index contributed by atoms with van der Waals surface area (Å²) in [6, 6.07) is -0.0791. The van der Waals surface area contributed by atoms with Gasteiger partial charge in [0.2, 0.25) is 0 Å². The second-order valence-electron chi connectivity index (χ2n) is 7.32. The number of nitrogens with one attached hydrogen (secondary N) is 2. The minimum atomic E-state index is -0.143. The zero-order chi connectivity index (χ0) is 16.6. The van der Waals surface area contributed by atoms with Crippen LogP contribution in [0.15, 0.2) is 12.4 Å². The Bertz CT molecular complexity index is 713. The van der Waals surface area contributed by atoms with Crippen molar-refractivity contribution >= 4 is 17.1 Å². The van der Waals surface area contributed by atoms with Crippen molar-refractivity contribution in [1.29, 1.82) is 0 Å². The number of hydrogen-bond acceptors (Lipinski definition) is 4. The van der Waals surface area contributed by atoms with Crippen molar-refractivity contribution in [2.75, 3.05) is 13.7 Å². The van der Waals surface area contributed by atoms with E-state index in [9.17, 15) is 4.79 Å². The second-order valence-corrected chi connectivity index (χ2v) is 7.32. The molecule has 0 radical (unpaired) electrons.